The molecular weight excluding hydrogens is 284 g/mol. The molecule has 0 atom stereocenters. The molecule has 0 amide bonds. The van der Waals surface area contributed by atoms with Gasteiger partial charge in [0, 0.05) is 17.6 Å². The first-order valence-electron chi connectivity index (χ1n) is 6.90. The second-order valence-electron chi connectivity index (χ2n) is 4.80. The van der Waals surface area contributed by atoms with Gasteiger partial charge >= 0.3 is 0 Å². The molecule has 2 aromatic rings. The number of nitrogens with one attached hydrogen (secondary N) is 1. The molecule has 2 heterocycles. The fraction of sp³-hybridized carbons (Fsp3) is 0.312. The third-order valence-corrected chi connectivity index (χ3v) is 4.24. The first-order chi connectivity index (χ1) is 10.3. The zero-order chi connectivity index (χ0) is 14.7. The minimum absolute atomic E-state index is 0.611. The van der Waals surface area contributed by atoms with Crippen molar-refractivity contribution in [1.29, 1.82) is 0 Å². The molecule has 0 bridgehead atoms. The second kappa shape index (κ2) is 6.26. The van der Waals surface area contributed by atoms with Crippen LogP contribution in [0.4, 0.5) is 5.69 Å². The summed E-state index contributed by atoms with van der Waals surface area (Å²) in [6.07, 6.45) is 3.88. The van der Waals surface area contributed by atoms with Crippen molar-refractivity contribution in [1.82, 2.24) is 4.98 Å². The lowest BCUT2D eigenvalue weighted by molar-refractivity contribution is 0.171. The topological polar surface area (TPSA) is 43.4 Å². The predicted octanol–water partition coefficient (Wildman–Crippen LogP) is 3.50. The van der Waals surface area contributed by atoms with E-state index in [-0.39, 0.29) is 0 Å². The van der Waals surface area contributed by atoms with E-state index in [1.807, 2.05) is 19.1 Å². The molecule has 1 aromatic carbocycles. The highest BCUT2D eigenvalue weighted by Gasteiger charge is 2.15. The van der Waals surface area contributed by atoms with Gasteiger partial charge in [-0.3, -0.25) is 4.98 Å². The highest BCUT2D eigenvalue weighted by molar-refractivity contribution is 7.98. The van der Waals surface area contributed by atoms with Crippen LogP contribution in [-0.2, 0) is 6.54 Å². The van der Waals surface area contributed by atoms with Gasteiger partial charge in [-0.1, -0.05) is 0 Å². The molecular formula is C16H18N2O2S. The van der Waals surface area contributed by atoms with E-state index in [9.17, 15) is 0 Å². The molecule has 0 fully saturated rings. The number of thioether (sulfide) groups is 1. The molecule has 0 saturated carbocycles. The van der Waals surface area contributed by atoms with Gasteiger partial charge in [0.2, 0.25) is 0 Å². The normalized spacial score (nSPS) is 13.0. The van der Waals surface area contributed by atoms with Gasteiger partial charge in [0.25, 0.3) is 0 Å². The lowest BCUT2D eigenvalue weighted by atomic mass is 10.2. The van der Waals surface area contributed by atoms with Crippen molar-refractivity contribution in [2.45, 2.75) is 18.4 Å². The molecule has 110 valence electrons. The van der Waals surface area contributed by atoms with E-state index >= 15 is 0 Å². The van der Waals surface area contributed by atoms with E-state index < -0.39 is 0 Å². The number of benzene rings is 1. The van der Waals surface area contributed by atoms with Crippen LogP contribution in [0.5, 0.6) is 11.5 Å². The van der Waals surface area contributed by atoms with E-state index in [2.05, 4.69) is 28.7 Å². The lowest BCUT2D eigenvalue weighted by Crippen LogP contribution is -2.16. The number of aromatic nitrogens is 1. The number of nitrogens with zero attached hydrogens (tertiary/aromatic N) is 1. The van der Waals surface area contributed by atoms with Crippen LogP contribution in [0, 0.1) is 6.92 Å². The molecule has 1 aromatic heterocycles. The Morgan fingerprint density at radius 3 is 2.71 bits per heavy atom. The third-order valence-electron chi connectivity index (χ3n) is 3.42. The summed E-state index contributed by atoms with van der Waals surface area (Å²) in [6, 6.07) is 8.11. The monoisotopic (exact) mass is 302 g/mol. The minimum Gasteiger partial charge on any atom is -0.486 e. The second-order valence-corrected chi connectivity index (χ2v) is 5.65. The summed E-state index contributed by atoms with van der Waals surface area (Å²) < 4.78 is 11.3. The molecule has 1 aliphatic rings. The summed E-state index contributed by atoms with van der Waals surface area (Å²) in [4.78, 5) is 5.49. The van der Waals surface area contributed by atoms with Crippen LogP contribution in [0.1, 0.15) is 11.3 Å². The maximum atomic E-state index is 5.66. The Morgan fingerprint density at radius 1 is 1.24 bits per heavy atom. The van der Waals surface area contributed by atoms with Gasteiger partial charge < -0.3 is 14.8 Å². The molecule has 0 aliphatic carbocycles. The van der Waals surface area contributed by atoms with E-state index in [1.165, 1.54) is 10.5 Å². The average molecular weight is 302 g/mol. The van der Waals surface area contributed by atoms with Crippen molar-refractivity contribution < 1.29 is 9.47 Å². The number of hydrogen-bond acceptors (Lipinski definition) is 5. The van der Waals surface area contributed by atoms with Gasteiger partial charge in [-0.05, 0) is 43.0 Å². The molecule has 0 spiro atoms. The van der Waals surface area contributed by atoms with Crippen molar-refractivity contribution in [2.75, 3.05) is 24.8 Å². The number of hydrogen-bond donors (Lipinski definition) is 1. The molecule has 4 nitrogen and oxygen atoms in total. The Hall–Kier alpha value is -1.88. The maximum Gasteiger partial charge on any atom is 0.162 e. The summed E-state index contributed by atoms with van der Waals surface area (Å²) in [5.41, 5.74) is 3.26. The molecule has 0 unspecified atom stereocenters. The summed E-state index contributed by atoms with van der Waals surface area (Å²) in [5, 5.41) is 3.44. The quantitative estimate of drug-likeness (QED) is 0.876. The predicted molar refractivity (Wildman–Crippen MR) is 85.5 cm³/mol. The van der Waals surface area contributed by atoms with Crippen molar-refractivity contribution in [3.63, 3.8) is 0 Å². The van der Waals surface area contributed by atoms with Gasteiger partial charge in [0.05, 0.1) is 11.4 Å². The smallest absolute Gasteiger partial charge is 0.162 e. The first kappa shape index (κ1) is 14.1. The summed E-state index contributed by atoms with van der Waals surface area (Å²) in [7, 11) is 0. The Labute approximate surface area is 128 Å². The number of ether oxygens (including phenoxy) is 2. The Morgan fingerprint density at radius 2 is 2.00 bits per heavy atom. The molecule has 21 heavy (non-hydrogen) atoms. The van der Waals surface area contributed by atoms with E-state index in [4.69, 9.17) is 9.47 Å². The zero-order valence-corrected chi connectivity index (χ0v) is 13.0. The SMILES string of the molecule is CSc1cc2c(cc1CNc1cccnc1C)OCCO2. The van der Waals surface area contributed by atoms with E-state index in [1.54, 1.807) is 18.0 Å². The number of rotatable bonds is 4. The Kier molecular flexibility index (Phi) is 4.20. The highest BCUT2D eigenvalue weighted by atomic mass is 32.2. The molecule has 0 radical (unpaired) electrons. The van der Waals surface area contributed by atoms with Crippen molar-refractivity contribution >= 4 is 17.4 Å². The van der Waals surface area contributed by atoms with Crippen LogP contribution in [0.3, 0.4) is 0 Å². The van der Waals surface area contributed by atoms with E-state index in [0.717, 1.165) is 29.4 Å². The number of pyridine rings is 1. The zero-order valence-electron chi connectivity index (χ0n) is 12.2. The van der Waals surface area contributed by atoms with Crippen LogP contribution in [0.25, 0.3) is 0 Å². The number of anilines is 1. The van der Waals surface area contributed by atoms with Crippen molar-refractivity contribution in [2.24, 2.45) is 0 Å². The fourth-order valence-corrected chi connectivity index (χ4v) is 2.92. The van der Waals surface area contributed by atoms with Crippen LogP contribution in [0.15, 0.2) is 35.4 Å². The summed E-state index contributed by atoms with van der Waals surface area (Å²) >= 11 is 1.72. The first-order valence-corrected chi connectivity index (χ1v) is 8.12. The number of fused-ring (bicyclic) bond motifs is 1. The van der Waals surface area contributed by atoms with Crippen LogP contribution >= 0.6 is 11.8 Å². The largest absolute Gasteiger partial charge is 0.486 e. The van der Waals surface area contributed by atoms with Gasteiger partial charge in [0.1, 0.15) is 13.2 Å². The van der Waals surface area contributed by atoms with Crippen LogP contribution in [-0.4, -0.2) is 24.5 Å². The summed E-state index contributed by atoms with van der Waals surface area (Å²) in [6.45, 7) is 3.97. The third kappa shape index (κ3) is 3.08. The molecule has 0 saturated heterocycles. The lowest BCUT2D eigenvalue weighted by Gasteiger charge is -2.21. The Balaban J connectivity index is 1.83. The fourth-order valence-electron chi connectivity index (χ4n) is 2.30. The van der Waals surface area contributed by atoms with Crippen LogP contribution in [0.2, 0.25) is 0 Å². The van der Waals surface area contributed by atoms with Gasteiger partial charge in [0.15, 0.2) is 11.5 Å². The van der Waals surface area contributed by atoms with Gasteiger partial charge in [-0.15, -0.1) is 11.8 Å². The standard InChI is InChI=1S/C16H18N2O2S/c1-11-13(4-3-5-17-11)18-10-12-8-14-15(9-16(12)21-2)20-7-6-19-14/h3-5,8-9,18H,6-7,10H2,1-2H3. The highest BCUT2D eigenvalue weighted by Crippen LogP contribution is 2.36. The summed E-state index contributed by atoms with van der Waals surface area (Å²) in [5.74, 6) is 1.67. The molecule has 1 N–H and O–H groups in total. The van der Waals surface area contributed by atoms with Crippen molar-refractivity contribution in [3.05, 3.63) is 41.7 Å². The van der Waals surface area contributed by atoms with Crippen molar-refractivity contribution in [3.8, 4) is 11.5 Å². The average Bonchev–Trinajstić information content (AvgIpc) is 2.53. The maximum absolute atomic E-state index is 5.66. The van der Waals surface area contributed by atoms with Gasteiger partial charge in [-0.25, -0.2) is 0 Å². The molecule has 5 heteroatoms. The Bertz CT molecular complexity index is 646. The van der Waals surface area contributed by atoms with Gasteiger partial charge in [-0.2, -0.15) is 0 Å². The van der Waals surface area contributed by atoms with Crippen LogP contribution < -0.4 is 14.8 Å². The number of aryl methyl sites for hydroxylation is 1. The molecule has 3 rings (SSSR count). The molecule has 1 aliphatic heterocycles. The minimum atomic E-state index is 0.611. The van der Waals surface area contributed by atoms with E-state index in [0.29, 0.717) is 13.2 Å².